The lowest BCUT2D eigenvalue weighted by atomic mass is 9.73. The average Bonchev–Trinajstić information content (AvgIpc) is 3.47. The van der Waals surface area contributed by atoms with E-state index in [4.69, 9.17) is 18.9 Å². The van der Waals surface area contributed by atoms with Gasteiger partial charge in [-0.1, -0.05) is 12.7 Å². The predicted octanol–water partition coefficient (Wildman–Crippen LogP) is 1.04. The maximum atomic E-state index is 12.4. The second-order valence-corrected chi connectivity index (χ2v) is 8.78. The Morgan fingerprint density at radius 3 is 2.70 bits per heavy atom. The Morgan fingerprint density at radius 1 is 1.33 bits per heavy atom. The summed E-state index contributed by atoms with van der Waals surface area (Å²) in [6.45, 7) is 10.9. The van der Waals surface area contributed by atoms with Crippen LogP contribution in [-0.4, -0.2) is 58.3 Å². The van der Waals surface area contributed by atoms with E-state index in [9.17, 15) is 14.7 Å². The van der Waals surface area contributed by atoms with Gasteiger partial charge in [0.25, 0.3) is 0 Å². The first-order valence-electron chi connectivity index (χ1n) is 9.41. The lowest BCUT2D eigenvalue weighted by Gasteiger charge is -2.39. The molecule has 1 spiro atoms. The lowest BCUT2D eigenvalue weighted by Crippen LogP contribution is -2.59. The van der Waals surface area contributed by atoms with Gasteiger partial charge in [-0.15, -0.1) is 0 Å². The van der Waals surface area contributed by atoms with Crippen molar-refractivity contribution in [3.05, 3.63) is 23.8 Å². The molecular weight excluding hydrogens is 352 g/mol. The number of ether oxygens (including phenoxy) is 4. The zero-order chi connectivity index (χ0) is 19.5. The number of epoxide rings is 2. The van der Waals surface area contributed by atoms with Crippen LogP contribution in [0.5, 0.6) is 0 Å². The number of carbonyl (C=O) groups excluding carboxylic acids is 2. The van der Waals surface area contributed by atoms with Crippen molar-refractivity contribution < 1.29 is 33.6 Å². The molecule has 0 aromatic carbocycles. The molecule has 7 nitrogen and oxygen atoms in total. The third-order valence-corrected chi connectivity index (χ3v) is 7.50. The monoisotopic (exact) mass is 376 g/mol. The molecule has 2 aliphatic carbocycles. The first-order valence-corrected chi connectivity index (χ1v) is 9.41. The van der Waals surface area contributed by atoms with Crippen LogP contribution in [0.25, 0.3) is 0 Å². The number of fused-ring (bicyclic) bond motifs is 5. The molecule has 0 radical (unpaired) electrons. The van der Waals surface area contributed by atoms with E-state index in [2.05, 4.69) is 6.58 Å². The van der Waals surface area contributed by atoms with Gasteiger partial charge in [-0.2, -0.15) is 0 Å². The summed E-state index contributed by atoms with van der Waals surface area (Å²) >= 11 is 0. The zero-order valence-electron chi connectivity index (χ0n) is 15.9. The van der Waals surface area contributed by atoms with Gasteiger partial charge in [0.15, 0.2) is 0 Å². The summed E-state index contributed by atoms with van der Waals surface area (Å²) < 4.78 is 23.3. The fourth-order valence-corrected chi connectivity index (χ4v) is 5.71. The largest absolute Gasteiger partial charge is 0.458 e. The third kappa shape index (κ3) is 1.83. The maximum Gasteiger partial charge on any atom is 0.334 e. The molecule has 3 heterocycles. The SMILES string of the molecule is C=C1C(=O)O[C@H]2[C@H]1C[C@@H](OC(=O)/C(C)=C\C)[C@@](C)(O)[C@@]13O[C@@H]1[C@@H]1O[C@]1(C)[C@H]23. The van der Waals surface area contributed by atoms with E-state index in [1.54, 1.807) is 26.8 Å². The molecule has 9 atom stereocenters. The summed E-state index contributed by atoms with van der Waals surface area (Å²) in [4.78, 5) is 24.7. The van der Waals surface area contributed by atoms with E-state index in [1.165, 1.54) is 0 Å². The molecule has 3 saturated heterocycles. The van der Waals surface area contributed by atoms with Gasteiger partial charge in [0, 0.05) is 17.1 Å². The molecule has 0 aromatic rings. The summed E-state index contributed by atoms with van der Waals surface area (Å²) in [5.41, 5.74) is -2.11. The van der Waals surface area contributed by atoms with E-state index < -0.39 is 40.9 Å². The Balaban J connectivity index is 1.59. The van der Waals surface area contributed by atoms with Crippen molar-refractivity contribution >= 4 is 11.9 Å². The summed E-state index contributed by atoms with van der Waals surface area (Å²) in [5.74, 6) is -1.63. The van der Waals surface area contributed by atoms with Crippen LogP contribution in [0.2, 0.25) is 0 Å². The highest BCUT2D eigenvalue weighted by Crippen LogP contribution is 2.75. The number of hydrogen-bond acceptors (Lipinski definition) is 7. The highest BCUT2D eigenvalue weighted by Gasteiger charge is 2.93. The minimum absolute atomic E-state index is 0.145. The minimum Gasteiger partial charge on any atom is -0.458 e. The molecular formula is C20H24O7. The van der Waals surface area contributed by atoms with Crippen molar-refractivity contribution in [1.29, 1.82) is 0 Å². The van der Waals surface area contributed by atoms with Crippen LogP contribution in [0.15, 0.2) is 23.8 Å². The normalized spacial score (nSPS) is 54.9. The summed E-state index contributed by atoms with van der Waals surface area (Å²) in [6, 6.07) is 0. The molecule has 1 N–H and O–H groups in total. The molecule has 7 heteroatoms. The van der Waals surface area contributed by atoms with Crippen molar-refractivity contribution in [2.45, 2.75) is 75.3 Å². The summed E-state index contributed by atoms with van der Waals surface area (Å²) in [5, 5.41) is 11.6. The molecule has 5 rings (SSSR count). The Hall–Kier alpha value is -1.70. The highest BCUT2D eigenvalue weighted by molar-refractivity contribution is 5.91. The average molecular weight is 376 g/mol. The van der Waals surface area contributed by atoms with E-state index in [1.807, 2.05) is 6.92 Å². The van der Waals surface area contributed by atoms with Crippen LogP contribution >= 0.6 is 0 Å². The maximum absolute atomic E-state index is 12.4. The molecule has 0 bridgehead atoms. The number of carbonyl (C=O) groups is 2. The number of allylic oxidation sites excluding steroid dienone is 1. The molecule has 146 valence electrons. The number of hydrogen-bond donors (Lipinski definition) is 1. The fraction of sp³-hybridized carbons (Fsp3) is 0.700. The van der Waals surface area contributed by atoms with Gasteiger partial charge in [0.2, 0.25) is 0 Å². The zero-order valence-corrected chi connectivity index (χ0v) is 15.9. The van der Waals surface area contributed by atoms with E-state index in [0.29, 0.717) is 11.1 Å². The van der Waals surface area contributed by atoms with Crippen LogP contribution in [0, 0.1) is 11.8 Å². The number of aliphatic hydroxyl groups is 1. The molecule has 5 fully saturated rings. The smallest absolute Gasteiger partial charge is 0.334 e. The van der Waals surface area contributed by atoms with Crippen LogP contribution in [-0.2, 0) is 28.5 Å². The second-order valence-electron chi connectivity index (χ2n) is 8.78. The van der Waals surface area contributed by atoms with Crippen molar-refractivity contribution in [3.8, 4) is 0 Å². The predicted molar refractivity (Wildman–Crippen MR) is 91.4 cm³/mol. The van der Waals surface area contributed by atoms with Crippen LogP contribution in [0.4, 0.5) is 0 Å². The Kier molecular flexibility index (Phi) is 3.11. The minimum atomic E-state index is -1.44. The first kappa shape index (κ1) is 17.4. The van der Waals surface area contributed by atoms with Crippen LogP contribution < -0.4 is 0 Å². The van der Waals surface area contributed by atoms with Gasteiger partial charge in [0.1, 0.15) is 41.2 Å². The first-order chi connectivity index (χ1) is 12.6. The number of rotatable bonds is 2. The van der Waals surface area contributed by atoms with Gasteiger partial charge >= 0.3 is 11.9 Å². The van der Waals surface area contributed by atoms with Crippen molar-refractivity contribution in [3.63, 3.8) is 0 Å². The molecule has 2 saturated carbocycles. The highest BCUT2D eigenvalue weighted by atomic mass is 16.7. The van der Waals surface area contributed by atoms with Gasteiger partial charge in [-0.25, -0.2) is 9.59 Å². The summed E-state index contributed by atoms with van der Waals surface area (Å²) in [7, 11) is 0. The van der Waals surface area contributed by atoms with Gasteiger partial charge in [-0.3, -0.25) is 0 Å². The Labute approximate surface area is 157 Å². The molecule has 3 aliphatic heterocycles. The number of esters is 2. The van der Waals surface area contributed by atoms with E-state index >= 15 is 0 Å². The molecule has 27 heavy (non-hydrogen) atoms. The topological polar surface area (TPSA) is 97.9 Å². The van der Waals surface area contributed by atoms with Gasteiger partial charge < -0.3 is 24.1 Å². The Morgan fingerprint density at radius 2 is 2.04 bits per heavy atom. The standard InChI is InChI=1S/C20H24O7/c1-6-8(2)16(21)24-11-7-10-9(3)17(22)25-12(10)13-18(4)14(26-18)15-20(13,27-15)19(11,5)23/h6,10-15,23H,3,7H2,1-2,4-5H3/b8-6-/t10-,11+,12-,13-,14-,15+,18+,19+,20-/m0/s1. The quantitative estimate of drug-likeness (QED) is 0.437. The molecule has 5 aliphatic rings. The lowest BCUT2D eigenvalue weighted by molar-refractivity contribution is -0.175. The van der Waals surface area contributed by atoms with Crippen molar-refractivity contribution in [1.82, 2.24) is 0 Å². The van der Waals surface area contributed by atoms with Crippen molar-refractivity contribution in [2.24, 2.45) is 11.8 Å². The van der Waals surface area contributed by atoms with Crippen LogP contribution in [0.1, 0.15) is 34.1 Å². The molecule has 0 unspecified atom stereocenters. The fourth-order valence-electron chi connectivity index (χ4n) is 5.71. The Bertz CT molecular complexity index is 813. The summed E-state index contributed by atoms with van der Waals surface area (Å²) in [6.07, 6.45) is 0.113. The van der Waals surface area contributed by atoms with Gasteiger partial charge in [0.05, 0.1) is 5.92 Å². The third-order valence-electron chi connectivity index (χ3n) is 7.50. The van der Waals surface area contributed by atoms with Crippen molar-refractivity contribution in [2.75, 3.05) is 0 Å². The van der Waals surface area contributed by atoms with E-state index in [0.717, 1.165) is 0 Å². The van der Waals surface area contributed by atoms with Gasteiger partial charge in [-0.05, 0) is 34.1 Å². The van der Waals surface area contributed by atoms with Crippen LogP contribution in [0.3, 0.4) is 0 Å². The molecule has 0 amide bonds. The van der Waals surface area contributed by atoms with E-state index in [-0.39, 0.29) is 30.5 Å². The molecule has 0 aromatic heterocycles. The second kappa shape index (κ2) is 4.82.